The van der Waals surface area contributed by atoms with Crippen molar-refractivity contribution in [2.45, 2.75) is 38.6 Å². The van der Waals surface area contributed by atoms with E-state index in [-0.39, 0.29) is 11.9 Å². The molecule has 4 nitrogen and oxygen atoms in total. The van der Waals surface area contributed by atoms with Crippen molar-refractivity contribution in [1.82, 2.24) is 14.9 Å². The van der Waals surface area contributed by atoms with Crippen LogP contribution in [0.15, 0.2) is 29.9 Å². The summed E-state index contributed by atoms with van der Waals surface area (Å²) < 4.78 is 0. The van der Waals surface area contributed by atoms with Gasteiger partial charge in [-0.2, -0.15) is 0 Å². The van der Waals surface area contributed by atoms with Gasteiger partial charge in [0.15, 0.2) is 0 Å². The first-order valence-electron chi connectivity index (χ1n) is 7.34. The topological polar surface area (TPSA) is 46.1 Å². The highest BCUT2D eigenvalue weighted by Gasteiger charge is 2.30. The number of aryl methyl sites for hydroxylation is 2. The lowest BCUT2D eigenvalue weighted by Crippen LogP contribution is -2.31. The zero-order valence-corrected chi connectivity index (χ0v) is 13.0. The lowest BCUT2D eigenvalue weighted by Gasteiger charge is -2.24. The Balaban J connectivity index is 1.67. The first-order valence-corrected chi connectivity index (χ1v) is 8.22. The molecule has 1 fully saturated rings. The molecule has 110 valence electrons. The molecular formula is C16H19N3OS. The van der Waals surface area contributed by atoms with Gasteiger partial charge in [0.25, 0.3) is 0 Å². The van der Waals surface area contributed by atoms with E-state index < -0.39 is 0 Å². The van der Waals surface area contributed by atoms with Crippen LogP contribution < -0.4 is 0 Å². The van der Waals surface area contributed by atoms with Crippen LogP contribution in [0, 0.1) is 6.92 Å². The summed E-state index contributed by atoms with van der Waals surface area (Å²) in [4.78, 5) is 24.5. The Morgan fingerprint density at radius 1 is 1.48 bits per heavy atom. The normalized spacial score (nSPS) is 18.1. The first-order chi connectivity index (χ1) is 10.2. The second kappa shape index (κ2) is 6.35. The molecule has 0 aliphatic carbocycles. The standard InChI is InChI=1S/C16H19N3OS/c1-12-10-17-11-14(18-12)15-5-2-8-19(15)16(20)7-6-13-4-3-9-21-13/h3-4,9-11,15H,2,5-8H2,1H3/t15-/m0/s1. The Morgan fingerprint density at radius 2 is 2.38 bits per heavy atom. The minimum atomic E-state index is 0.105. The average molecular weight is 301 g/mol. The van der Waals surface area contributed by atoms with E-state index >= 15 is 0 Å². The maximum atomic E-state index is 12.5. The second-order valence-electron chi connectivity index (χ2n) is 5.41. The van der Waals surface area contributed by atoms with Crippen molar-refractivity contribution in [2.24, 2.45) is 0 Å². The largest absolute Gasteiger partial charge is 0.334 e. The maximum absolute atomic E-state index is 12.5. The highest BCUT2D eigenvalue weighted by atomic mass is 32.1. The molecule has 0 unspecified atom stereocenters. The lowest BCUT2D eigenvalue weighted by molar-refractivity contribution is -0.132. The molecule has 0 N–H and O–H groups in total. The molecule has 3 heterocycles. The Labute approximate surface area is 128 Å². The van der Waals surface area contributed by atoms with Crippen LogP contribution in [0.1, 0.15) is 41.6 Å². The van der Waals surface area contributed by atoms with Crippen LogP contribution in [0.25, 0.3) is 0 Å². The van der Waals surface area contributed by atoms with E-state index in [2.05, 4.69) is 21.4 Å². The molecule has 0 aromatic carbocycles. The third-order valence-electron chi connectivity index (χ3n) is 3.85. The predicted octanol–water partition coefficient (Wildman–Crippen LogP) is 3.14. The van der Waals surface area contributed by atoms with Gasteiger partial charge >= 0.3 is 0 Å². The van der Waals surface area contributed by atoms with E-state index in [1.54, 1.807) is 23.7 Å². The molecule has 21 heavy (non-hydrogen) atoms. The van der Waals surface area contributed by atoms with Gasteiger partial charge in [0, 0.05) is 24.0 Å². The summed E-state index contributed by atoms with van der Waals surface area (Å²) in [6.45, 7) is 2.78. The van der Waals surface area contributed by atoms with Crippen molar-refractivity contribution >= 4 is 17.2 Å². The summed E-state index contributed by atoms with van der Waals surface area (Å²) in [6.07, 6.45) is 6.99. The fraction of sp³-hybridized carbons (Fsp3) is 0.438. The molecular weight excluding hydrogens is 282 g/mol. The van der Waals surface area contributed by atoms with Gasteiger partial charge in [-0.15, -0.1) is 11.3 Å². The van der Waals surface area contributed by atoms with Crippen molar-refractivity contribution in [3.8, 4) is 0 Å². The van der Waals surface area contributed by atoms with Gasteiger partial charge in [-0.25, -0.2) is 0 Å². The molecule has 1 amide bonds. The number of hydrogen-bond donors (Lipinski definition) is 0. The molecule has 1 aliphatic rings. The Morgan fingerprint density at radius 3 is 3.14 bits per heavy atom. The average Bonchev–Trinajstić information content (AvgIpc) is 3.16. The number of hydrogen-bond acceptors (Lipinski definition) is 4. The smallest absolute Gasteiger partial charge is 0.223 e. The van der Waals surface area contributed by atoms with E-state index in [0.717, 1.165) is 37.2 Å². The molecule has 0 bridgehead atoms. The number of nitrogens with zero attached hydrogens (tertiary/aromatic N) is 3. The van der Waals surface area contributed by atoms with E-state index in [4.69, 9.17) is 0 Å². The molecule has 0 saturated carbocycles. The summed E-state index contributed by atoms with van der Waals surface area (Å²) in [5, 5.41) is 2.06. The first kappa shape index (κ1) is 14.2. The summed E-state index contributed by atoms with van der Waals surface area (Å²) in [6, 6.07) is 4.23. The van der Waals surface area contributed by atoms with Crippen LogP contribution in [0.2, 0.25) is 0 Å². The molecule has 1 atom stereocenters. The Hall–Kier alpha value is -1.75. The maximum Gasteiger partial charge on any atom is 0.223 e. The quantitative estimate of drug-likeness (QED) is 0.871. The van der Waals surface area contributed by atoms with Crippen molar-refractivity contribution in [3.63, 3.8) is 0 Å². The van der Waals surface area contributed by atoms with Gasteiger partial charge < -0.3 is 4.90 Å². The number of likely N-dealkylation sites (tertiary alicyclic amines) is 1. The molecule has 2 aromatic heterocycles. The molecule has 5 heteroatoms. The van der Waals surface area contributed by atoms with E-state index in [1.165, 1.54) is 4.88 Å². The fourth-order valence-corrected chi connectivity index (χ4v) is 3.55. The SMILES string of the molecule is Cc1cncc([C@@H]2CCCN2C(=O)CCc2cccs2)n1. The monoisotopic (exact) mass is 301 g/mol. The Bertz CT molecular complexity index is 612. The van der Waals surface area contributed by atoms with Crippen LogP contribution in [-0.4, -0.2) is 27.3 Å². The van der Waals surface area contributed by atoms with Crippen LogP contribution in [-0.2, 0) is 11.2 Å². The number of rotatable bonds is 4. The minimum Gasteiger partial charge on any atom is -0.334 e. The van der Waals surface area contributed by atoms with E-state index in [1.807, 2.05) is 17.9 Å². The van der Waals surface area contributed by atoms with E-state index in [0.29, 0.717) is 6.42 Å². The minimum absolute atomic E-state index is 0.105. The molecule has 1 aliphatic heterocycles. The predicted molar refractivity (Wildman–Crippen MR) is 83.1 cm³/mol. The highest BCUT2D eigenvalue weighted by Crippen LogP contribution is 2.31. The number of carbonyl (C=O) groups is 1. The van der Waals surface area contributed by atoms with Gasteiger partial charge in [0.05, 0.1) is 23.6 Å². The summed E-state index contributed by atoms with van der Waals surface area (Å²) in [5.41, 5.74) is 1.84. The van der Waals surface area contributed by atoms with Crippen LogP contribution >= 0.6 is 11.3 Å². The zero-order chi connectivity index (χ0) is 14.7. The van der Waals surface area contributed by atoms with Gasteiger partial charge in [-0.05, 0) is 37.6 Å². The van der Waals surface area contributed by atoms with Gasteiger partial charge in [-0.3, -0.25) is 14.8 Å². The highest BCUT2D eigenvalue weighted by molar-refractivity contribution is 7.09. The van der Waals surface area contributed by atoms with E-state index in [9.17, 15) is 4.79 Å². The number of carbonyl (C=O) groups excluding carboxylic acids is 1. The van der Waals surface area contributed by atoms with Crippen LogP contribution in [0.4, 0.5) is 0 Å². The van der Waals surface area contributed by atoms with Crippen molar-refractivity contribution in [1.29, 1.82) is 0 Å². The fourth-order valence-electron chi connectivity index (χ4n) is 2.84. The van der Waals surface area contributed by atoms with Gasteiger partial charge in [0.1, 0.15) is 0 Å². The summed E-state index contributed by atoms with van der Waals surface area (Å²) in [5.74, 6) is 0.231. The van der Waals surface area contributed by atoms with Gasteiger partial charge in [-0.1, -0.05) is 6.07 Å². The lowest BCUT2D eigenvalue weighted by atomic mass is 10.1. The van der Waals surface area contributed by atoms with Crippen LogP contribution in [0.3, 0.4) is 0 Å². The van der Waals surface area contributed by atoms with Crippen molar-refractivity contribution in [2.75, 3.05) is 6.54 Å². The van der Waals surface area contributed by atoms with Gasteiger partial charge in [0.2, 0.25) is 5.91 Å². The molecule has 3 rings (SSSR count). The third kappa shape index (κ3) is 3.29. The summed E-state index contributed by atoms with van der Waals surface area (Å²) >= 11 is 1.71. The molecule has 2 aromatic rings. The van der Waals surface area contributed by atoms with Crippen LogP contribution in [0.5, 0.6) is 0 Å². The van der Waals surface area contributed by atoms with Crippen molar-refractivity contribution in [3.05, 3.63) is 46.2 Å². The molecule has 1 saturated heterocycles. The number of aromatic nitrogens is 2. The third-order valence-corrected chi connectivity index (χ3v) is 4.79. The zero-order valence-electron chi connectivity index (χ0n) is 12.2. The second-order valence-corrected chi connectivity index (χ2v) is 6.44. The summed E-state index contributed by atoms with van der Waals surface area (Å²) in [7, 11) is 0. The number of thiophene rings is 1. The number of amides is 1. The van der Waals surface area contributed by atoms with Crippen molar-refractivity contribution < 1.29 is 4.79 Å². The molecule has 0 spiro atoms. The Kier molecular flexibility index (Phi) is 4.29. The molecule has 0 radical (unpaired) electrons.